The van der Waals surface area contributed by atoms with E-state index in [1.807, 2.05) is 0 Å². The van der Waals surface area contributed by atoms with Gasteiger partial charge in [0.25, 0.3) is 0 Å². The van der Waals surface area contributed by atoms with Crippen molar-refractivity contribution in [3.8, 4) is 0 Å². The van der Waals surface area contributed by atoms with Crippen LogP contribution < -0.4 is 5.73 Å². The first-order chi connectivity index (χ1) is 6.13. The zero-order valence-electron chi connectivity index (χ0n) is 7.86. The van der Waals surface area contributed by atoms with Crippen LogP contribution in [0.15, 0.2) is 0 Å². The molecule has 1 aliphatic rings. The molecule has 1 saturated heterocycles. The van der Waals surface area contributed by atoms with Gasteiger partial charge < -0.3 is 10.6 Å². The predicted molar refractivity (Wildman–Crippen MR) is 52.7 cm³/mol. The summed E-state index contributed by atoms with van der Waals surface area (Å²) in [7, 11) is -0.815. The Morgan fingerprint density at radius 2 is 2.38 bits per heavy atom. The molecular formula is C8H16N2O2S. The van der Waals surface area contributed by atoms with Crippen molar-refractivity contribution in [2.45, 2.75) is 6.42 Å². The molecule has 0 aromatic carbocycles. The molecule has 2 atom stereocenters. The smallest absolute Gasteiger partial charge is 0.223 e. The Kier molecular flexibility index (Phi) is 3.87. The average Bonchev–Trinajstić information content (AvgIpc) is 2.43. The summed E-state index contributed by atoms with van der Waals surface area (Å²) in [6.45, 7) is 1.92. The van der Waals surface area contributed by atoms with Gasteiger partial charge in [0.05, 0.1) is 0 Å². The van der Waals surface area contributed by atoms with Crippen molar-refractivity contribution in [3.63, 3.8) is 0 Å². The van der Waals surface area contributed by atoms with Gasteiger partial charge in [-0.3, -0.25) is 9.00 Å². The van der Waals surface area contributed by atoms with Crippen molar-refractivity contribution < 1.29 is 9.00 Å². The van der Waals surface area contributed by atoms with Crippen molar-refractivity contribution in [1.29, 1.82) is 0 Å². The lowest BCUT2D eigenvalue weighted by Gasteiger charge is -2.14. The van der Waals surface area contributed by atoms with Gasteiger partial charge in [-0.15, -0.1) is 0 Å². The average molecular weight is 204 g/mol. The Hall–Kier alpha value is -0.420. The second-order valence-electron chi connectivity index (χ2n) is 3.42. The topological polar surface area (TPSA) is 63.4 Å². The third-order valence-electron chi connectivity index (χ3n) is 2.28. The summed E-state index contributed by atoms with van der Waals surface area (Å²) in [4.78, 5) is 13.1. The summed E-state index contributed by atoms with van der Waals surface area (Å²) >= 11 is 0. The summed E-state index contributed by atoms with van der Waals surface area (Å²) in [6.07, 6.45) is 2.22. The fraction of sp³-hybridized carbons (Fsp3) is 0.875. The van der Waals surface area contributed by atoms with Gasteiger partial charge >= 0.3 is 0 Å². The van der Waals surface area contributed by atoms with Crippen LogP contribution in [0, 0.1) is 5.92 Å². The summed E-state index contributed by atoms with van der Waals surface area (Å²) in [5, 5.41) is 0. The van der Waals surface area contributed by atoms with E-state index in [9.17, 15) is 9.00 Å². The molecule has 2 unspecified atom stereocenters. The van der Waals surface area contributed by atoms with Crippen LogP contribution in [0.2, 0.25) is 0 Å². The second-order valence-corrected chi connectivity index (χ2v) is 4.98. The van der Waals surface area contributed by atoms with E-state index in [1.54, 1.807) is 11.2 Å². The van der Waals surface area contributed by atoms with Gasteiger partial charge in [-0.05, 0) is 12.5 Å². The zero-order valence-corrected chi connectivity index (χ0v) is 8.68. The number of carbonyl (C=O) groups excluding carboxylic acids is 1. The Morgan fingerprint density at radius 1 is 1.69 bits per heavy atom. The molecule has 2 N–H and O–H groups in total. The quantitative estimate of drug-likeness (QED) is 0.650. The highest BCUT2D eigenvalue weighted by molar-refractivity contribution is 7.84. The zero-order chi connectivity index (χ0) is 9.84. The molecule has 0 saturated carbocycles. The first-order valence-corrected chi connectivity index (χ1v) is 6.14. The maximum absolute atomic E-state index is 11.3. The highest BCUT2D eigenvalue weighted by Crippen LogP contribution is 2.15. The number of hydrogen-bond donors (Lipinski definition) is 1. The molecule has 0 aromatic heterocycles. The van der Waals surface area contributed by atoms with Gasteiger partial charge in [0.15, 0.2) is 0 Å². The van der Waals surface area contributed by atoms with Crippen LogP contribution in [0.25, 0.3) is 0 Å². The monoisotopic (exact) mass is 204 g/mol. The maximum atomic E-state index is 11.3. The van der Waals surface area contributed by atoms with E-state index >= 15 is 0 Å². The molecule has 5 heteroatoms. The largest absolute Gasteiger partial charge is 0.341 e. The van der Waals surface area contributed by atoms with E-state index in [2.05, 4.69) is 0 Å². The van der Waals surface area contributed by atoms with E-state index < -0.39 is 10.8 Å². The molecule has 1 heterocycles. The number of rotatable bonds is 4. The van der Waals surface area contributed by atoms with Crippen LogP contribution in [0.4, 0.5) is 0 Å². The van der Waals surface area contributed by atoms with Crippen molar-refractivity contribution in [2.75, 3.05) is 31.6 Å². The highest BCUT2D eigenvalue weighted by Gasteiger charge is 2.27. The van der Waals surface area contributed by atoms with E-state index in [4.69, 9.17) is 5.73 Å². The van der Waals surface area contributed by atoms with Crippen LogP contribution in [0.1, 0.15) is 6.42 Å². The molecule has 1 amide bonds. The Morgan fingerprint density at radius 3 is 2.85 bits per heavy atom. The third kappa shape index (κ3) is 3.08. The molecular weight excluding hydrogens is 188 g/mol. The number of nitrogens with zero attached hydrogens (tertiary/aromatic N) is 1. The molecule has 1 fully saturated rings. The van der Waals surface area contributed by atoms with Gasteiger partial charge in [0.1, 0.15) is 0 Å². The molecule has 13 heavy (non-hydrogen) atoms. The van der Waals surface area contributed by atoms with Gasteiger partial charge in [-0.1, -0.05) is 0 Å². The normalized spacial score (nSPS) is 25.2. The summed E-state index contributed by atoms with van der Waals surface area (Å²) in [5.41, 5.74) is 5.48. The third-order valence-corrected chi connectivity index (χ3v) is 3.03. The molecule has 0 aliphatic carbocycles. The molecule has 4 nitrogen and oxygen atoms in total. The van der Waals surface area contributed by atoms with Crippen molar-refractivity contribution in [1.82, 2.24) is 4.90 Å². The Balaban J connectivity index is 2.35. The lowest BCUT2D eigenvalue weighted by atomic mass is 10.1. The van der Waals surface area contributed by atoms with Gasteiger partial charge in [0.2, 0.25) is 5.91 Å². The molecule has 0 radical (unpaired) electrons. The standard InChI is InChI=1S/C8H16N2O2S/c1-13(12)3-2-10-6-7(5-9)4-8(10)11/h7H,2-6,9H2,1H3. The number of hydrogen-bond acceptors (Lipinski definition) is 3. The lowest BCUT2D eigenvalue weighted by Crippen LogP contribution is -2.30. The number of carbonyl (C=O) groups is 1. The van der Waals surface area contributed by atoms with Crippen LogP contribution in [-0.4, -0.2) is 46.7 Å². The molecule has 1 aliphatic heterocycles. The van der Waals surface area contributed by atoms with Gasteiger partial charge in [0, 0.05) is 42.3 Å². The molecule has 76 valence electrons. The number of amides is 1. The van der Waals surface area contributed by atoms with E-state index in [-0.39, 0.29) is 5.91 Å². The fourth-order valence-electron chi connectivity index (χ4n) is 1.47. The fourth-order valence-corrected chi connectivity index (χ4v) is 1.94. The minimum atomic E-state index is -0.815. The minimum Gasteiger partial charge on any atom is -0.341 e. The number of likely N-dealkylation sites (tertiary alicyclic amines) is 1. The van der Waals surface area contributed by atoms with Crippen molar-refractivity contribution in [2.24, 2.45) is 11.7 Å². The minimum absolute atomic E-state index is 0.154. The van der Waals surface area contributed by atoms with Crippen LogP contribution in [0.5, 0.6) is 0 Å². The van der Waals surface area contributed by atoms with Crippen LogP contribution >= 0.6 is 0 Å². The molecule has 0 aromatic rings. The number of nitrogens with two attached hydrogens (primary N) is 1. The van der Waals surface area contributed by atoms with E-state index in [0.717, 1.165) is 6.54 Å². The van der Waals surface area contributed by atoms with Crippen LogP contribution in [0.3, 0.4) is 0 Å². The first-order valence-electron chi connectivity index (χ1n) is 4.41. The molecule has 0 bridgehead atoms. The highest BCUT2D eigenvalue weighted by atomic mass is 32.2. The first kappa shape index (κ1) is 10.7. The molecule has 1 rings (SSSR count). The molecule has 0 spiro atoms. The SMILES string of the molecule is CS(=O)CCN1CC(CN)CC1=O. The second kappa shape index (κ2) is 4.72. The Bertz CT molecular complexity index is 220. The van der Waals surface area contributed by atoms with Crippen LogP contribution in [-0.2, 0) is 15.6 Å². The summed E-state index contributed by atoms with van der Waals surface area (Å²) < 4.78 is 10.8. The summed E-state index contributed by atoms with van der Waals surface area (Å²) in [6, 6.07) is 0. The van der Waals surface area contributed by atoms with Gasteiger partial charge in [-0.25, -0.2) is 0 Å². The lowest BCUT2D eigenvalue weighted by molar-refractivity contribution is -0.127. The van der Waals surface area contributed by atoms with Gasteiger partial charge in [-0.2, -0.15) is 0 Å². The van der Waals surface area contributed by atoms with Crippen molar-refractivity contribution in [3.05, 3.63) is 0 Å². The predicted octanol–water partition coefficient (Wildman–Crippen LogP) is -0.828. The summed E-state index contributed by atoms with van der Waals surface area (Å²) in [5.74, 6) is 1.03. The van der Waals surface area contributed by atoms with Crippen molar-refractivity contribution >= 4 is 16.7 Å². The maximum Gasteiger partial charge on any atom is 0.223 e. The Labute approximate surface area is 80.9 Å². The van der Waals surface area contributed by atoms with E-state index in [1.165, 1.54) is 0 Å². The van der Waals surface area contributed by atoms with E-state index in [0.29, 0.717) is 31.2 Å².